The number of hydrogen-bond donors (Lipinski definition) is 2. The van der Waals surface area contributed by atoms with Gasteiger partial charge in [0, 0.05) is 5.69 Å². The fraction of sp³-hybridized carbons (Fsp3) is 0.357. The van der Waals surface area contributed by atoms with Crippen molar-refractivity contribution >= 4 is 17.7 Å². The van der Waals surface area contributed by atoms with Crippen molar-refractivity contribution in [2.24, 2.45) is 0 Å². The molecular formula is C14H20N2O2. The summed E-state index contributed by atoms with van der Waals surface area (Å²) in [5, 5.41) is 3.06. The van der Waals surface area contributed by atoms with Crippen molar-refractivity contribution in [2.75, 3.05) is 25.9 Å². The third-order valence-electron chi connectivity index (χ3n) is 2.44. The normalized spacial score (nSPS) is 10.8. The van der Waals surface area contributed by atoms with Crippen molar-refractivity contribution in [1.29, 1.82) is 0 Å². The van der Waals surface area contributed by atoms with Crippen LogP contribution in [0.2, 0.25) is 0 Å². The highest BCUT2D eigenvalue weighted by Crippen LogP contribution is 2.16. The first-order chi connectivity index (χ1) is 8.69. The second kappa shape index (κ2) is 7.50. The number of anilines is 1. The van der Waals surface area contributed by atoms with Gasteiger partial charge in [0.25, 0.3) is 0 Å². The Morgan fingerprint density at radius 2 is 2.28 bits per heavy atom. The molecule has 4 heteroatoms. The van der Waals surface area contributed by atoms with Gasteiger partial charge in [0.1, 0.15) is 0 Å². The van der Waals surface area contributed by atoms with Crippen LogP contribution in [0.3, 0.4) is 0 Å². The summed E-state index contributed by atoms with van der Waals surface area (Å²) in [5.41, 5.74) is 7.58. The maximum atomic E-state index is 11.7. The molecule has 0 aromatic heterocycles. The maximum Gasteiger partial charge on any atom is 0.340 e. The minimum absolute atomic E-state index is 0.348. The van der Waals surface area contributed by atoms with Gasteiger partial charge < -0.3 is 15.8 Å². The van der Waals surface area contributed by atoms with Crippen LogP contribution in [-0.2, 0) is 4.74 Å². The Morgan fingerprint density at radius 3 is 2.94 bits per heavy atom. The zero-order valence-electron chi connectivity index (χ0n) is 10.9. The van der Waals surface area contributed by atoms with Gasteiger partial charge in [0.05, 0.1) is 12.2 Å². The number of ether oxygens (including phenoxy) is 1. The number of nitrogen functional groups attached to an aromatic ring is 1. The molecule has 1 aromatic carbocycles. The average molecular weight is 248 g/mol. The lowest BCUT2D eigenvalue weighted by Crippen LogP contribution is -2.08. The minimum Gasteiger partial charge on any atom is -0.462 e. The van der Waals surface area contributed by atoms with Crippen LogP contribution in [0.4, 0.5) is 5.69 Å². The summed E-state index contributed by atoms with van der Waals surface area (Å²) in [6.07, 6.45) is 4.96. The second-order valence-electron chi connectivity index (χ2n) is 3.86. The van der Waals surface area contributed by atoms with Crippen molar-refractivity contribution in [1.82, 2.24) is 5.32 Å². The fourth-order valence-electron chi connectivity index (χ4n) is 1.51. The molecule has 0 spiro atoms. The van der Waals surface area contributed by atoms with Crippen LogP contribution >= 0.6 is 0 Å². The Bertz CT molecular complexity index is 428. The fourth-order valence-corrected chi connectivity index (χ4v) is 1.51. The van der Waals surface area contributed by atoms with E-state index in [1.54, 1.807) is 19.1 Å². The average Bonchev–Trinajstić information content (AvgIpc) is 2.36. The van der Waals surface area contributed by atoms with E-state index in [4.69, 9.17) is 10.5 Å². The zero-order valence-corrected chi connectivity index (χ0v) is 10.9. The van der Waals surface area contributed by atoms with E-state index in [0.29, 0.717) is 17.9 Å². The van der Waals surface area contributed by atoms with Gasteiger partial charge in [-0.05, 0) is 44.6 Å². The van der Waals surface area contributed by atoms with Gasteiger partial charge in [-0.15, -0.1) is 0 Å². The highest BCUT2D eigenvalue weighted by Gasteiger charge is 2.10. The lowest BCUT2D eigenvalue weighted by Gasteiger charge is -2.06. The smallest absolute Gasteiger partial charge is 0.340 e. The third-order valence-corrected chi connectivity index (χ3v) is 2.44. The molecule has 0 saturated heterocycles. The number of carbonyl (C=O) groups is 1. The van der Waals surface area contributed by atoms with Crippen LogP contribution in [0.5, 0.6) is 0 Å². The number of nitrogens with one attached hydrogen (secondary N) is 1. The van der Waals surface area contributed by atoms with Gasteiger partial charge in [-0.2, -0.15) is 0 Å². The minimum atomic E-state index is -0.375. The van der Waals surface area contributed by atoms with E-state index in [-0.39, 0.29) is 5.97 Å². The van der Waals surface area contributed by atoms with E-state index >= 15 is 0 Å². The number of rotatable bonds is 6. The molecule has 0 atom stereocenters. The number of nitrogens with two attached hydrogens (primary N) is 1. The Labute approximate surface area is 108 Å². The summed E-state index contributed by atoms with van der Waals surface area (Å²) in [6, 6.07) is 5.36. The van der Waals surface area contributed by atoms with Gasteiger partial charge in [-0.3, -0.25) is 0 Å². The first-order valence-electron chi connectivity index (χ1n) is 6.06. The van der Waals surface area contributed by atoms with Crippen LogP contribution < -0.4 is 11.1 Å². The predicted molar refractivity (Wildman–Crippen MR) is 74.4 cm³/mol. The van der Waals surface area contributed by atoms with Crippen molar-refractivity contribution in [3.05, 3.63) is 35.4 Å². The van der Waals surface area contributed by atoms with E-state index in [9.17, 15) is 4.79 Å². The lowest BCUT2D eigenvalue weighted by atomic mass is 10.1. The predicted octanol–water partition coefficient (Wildman–Crippen LogP) is 2.07. The van der Waals surface area contributed by atoms with Crippen molar-refractivity contribution < 1.29 is 9.53 Å². The topological polar surface area (TPSA) is 64.3 Å². The summed E-state index contributed by atoms with van der Waals surface area (Å²) in [4.78, 5) is 11.7. The summed E-state index contributed by atoms with van der Waals surface area (Å²) < 4.78 is 4.95. The highest BCUT2D eigenvalue weighted by atomic mass is 16.5. The van der Waals surface area contributed by atoms with Gasteiger partial charge in [0.15, 0.2) is 0 Å². The lowest BCUT2D eigenvalue weighted by molar-refractivity contribution is 0.0527. The number of benzene rings is 1. The van der Waals surface area contributed by atoms with Crippen molar-refractivity contribution in [2.45, 2.75) is 13.3 Å². The maximum absolute atomic E-state index is 11.7. The third kappa shape index (κ3) is 4.22. The molecule has 0 aliphatic rings. The molecule has 1 rings (SSSR count). The Balaban J connectivity index is 2.80. The molecule has 0 fully saturated rings. The standard InChI is InChI=1S/C14H20N2O2/c1-3-18-14(17)12-10-11(7-8-13(12)15)6-4-5-9-16-2/h4,6-8,10,16H,3,5,9,15H2,1-2H3. The molecule has 0 aliphatic heterocycles. The first kappa shape index (κ1) is 14.3. The molecule has 3 N–H and O–H groups in total. The van der Waals surface area contributed by atoms with Crippen LogP contribution in [-0.4, -0.2) is 26.2 Å². The monoisotopic (exact) mass is 248 g/mol. The van der Waals surface area contributed by atoms with Gasteiger partial charge in [-0.1, -0.05) is 18.2 Å². The van der Waals surface area contributed by atoms with Gasteiger partial charge in [0.2, 0.25) is 0 Å². The second-order valence-corrected chi connectivity index (χ2v) is 3.86. The molecule has 0 bridgehead atoms. The van der Waals surface area contributed by atoms with E-state index in [1.807, 2.05) is 19.2 Å². The molecular weight excluding hydrogens is 228 g/mol. The highest BCUT2D eigenvalue weighted by molar-refractivity contribution is 5.95. The molecule has 0 heterocycles. The molecule has 0 amide bonds. The molecule has 1 aromatic rings. The van der Waals surface area contributed by atoms with Crippen LogP contribution in [0.15, 0.2) is 24.3 Å². The van der Waals surface area contributed by atoms with E-state index in [1.165, 1.54) is 0 Å². The van der Waals surface area contributed by atoms with Crippen molar-refractivity contribution in [3.8, 4) is 0 Å². The summed E-state index contributed by atoms with van der Waals surface area (Å²) in [6.45, 7) is 3.05. The van der Waals surface area contributed by atoms with Gasteiger partial charge >= 0.3 is 5.97 Å². The first-order valence-corrected chi connectivity index (χ1v) is 6.06. The Kier molecular flexibility index (Phi) is 5.94. The quantitative estimate of drug-likeness (QED) is 0.459. The van der Waals surface area contributed by atoms with E-state index in [2.05, 4.69) is 11.4 Å². The SMILES string of the molecule is CCOC(=O)c1cc(C=CCCNC)ccc1N. The van der Waals surface area contributed by atoms with Gasteiger partial charge in [-0.25, -0.2) is 4.79 Å². The number of hydrogen-bond acceptors (Lipinski definition) is 4. The largest absolute Gasteiger partial charge is 0.462 e. The Hall–Kier alpha value is -1.81. The van der Waals surface area contributed by atoms with Crippen molar-refractivity contribution in [3.63, 3.8) is 0 Å². The zero-order chi connectivity index (χ0) is 13.4. The van der Waals surface area contributed by atoms with E-state index in [0.717, 1.165) is 18.5 Å². The Morgan fingerprint density at radius 1 is 1.50 bits per heavy atom. The number of esters is 1. The number of carbonyl (C=O) groups excluding carboxylic acids is 1. The van der Waals surface area contributed by atoms with Crippen LogP contribution in [0.25, 0.3) is 6.08 Å². The summed E-state index contributed by atoms with van der Waals surface area (Å²) >= 11 is 0. The summed E-state index contributed by atoms with van der Waals surface area (Å²) in [7, 11) is 1.91. The van der Waals surface area contributed by atoms with Crippen LogP contribution in [0, 0.1) is 0 Å². The molecule has 0 unspecified atom stereocenters. The molecule has 0 radical (unpaired) electrons. The molecule has 0 aliphatic carbocycles. The molecule has 98 valence electrons. The molecule has 4 nitrogen and oxygen atoms in total. The molecule has 0 saturated carbocycles. The molecule has 18 heavy (non-hydrogen) atoms. The van der Waals surface area contributed by atoms with Crippen LogP contribution in [0.1, 0.15) is 29.3 Å². The summed E-state index contributed by atoms with van der Waals surface area (Å²) in [5.74, 6) is -0.375. The van der Waals surface area contributed by atoms with E-state index < -0.39 is 0 Å².